The van der Waals surface area contributed by atoms with Gasteiger partial charge in [-0.2, -0.15) is 0 Å². The Labute approximate surface area is 321 Å². The molecule has 8 rings (SSSR count). The van der Waals surface area contributed by atoms with Crippen LogP contribution < -0.4 is 11.3 Å². The van der Waals surface area contributed by atoms with Gasteiger partial charge < -0.3 is 43.9 Å². The van der Waals surface area contributed by atoms with Crippen LogP contribution in [0.25, 0.3) is 22.2 Å². The lowest BCUT2D eigenvalue weighted by Crippen LogP contribution is -2.35. The molecule has 3 fully saturated rings. The van der Waals surface area contributed by atoms with E-state index in [2.05, 4.69) is 19.9 Å². The molecule has 0 saturated carbocycles. The lowest BCUT2D eigenvalue weighted by molar-refractivity contribution is -0.118. The van der Waals surface area contributed by atoms with Gasteiger partial charge in [-0.25, -0.2) is 28.9 Å². The number of phosphoric ester groups is 1. The van der Waals surface area contributed by atoms with Gasteiger partial charge in [-0.1, -0.05) is 0 Å². The maximum atomic E-state index is 16.4. The summed E-state index contributed by atoms with van der Waals surface area (Å²) in [5, 5.41) is 12.1. The predicted molar refractivity (Wildman–Crippen MR) is 192 cm³/mol. The number of aromatic nitrogens is 7. The van der Waals surface area contributed by atoms with Gasteiger partial charge in [0.2, 0.25) is 0 Å². The number of hydrogen-bond donors (Lipinski definition) is 4. The van der Waals surface area contributed by atoms with Crippen molar-refractivity contribution in [3.63, 3.8) is 0 Å². The second-order valence-corrected chi connectivity index (χ2v) is 17.9. The van der Waals surface area contributed by atoms with Gasteiger partial charge in [0.25, 0.3) is 5.56 Å². The fraction of sp³-hybridized carbons (Fsp3) is 0.613. The van der Waals surface area contributed by atoms with Crippen molar-refractivity contribution < 1.29 is 60.9 Å². The first-order chi connectivity index (χ1) is 26.8. The number of fused-ring (bicyclic) bond motifs is 4. The number of aliphatic hydroxyl groups is 1. The zero-order chi connectivity index (χ0) is 39.4. The molecule has 0 radical (unpaired) electrons. The number of Topliss-reactive ketones (excluding diaryl/α,β-unsaturated/α-hetero) is 1. The summed E-state index contributed by atoms with van der Waals surface area (Å²) in [5.74, 6) is -0.160. The largest absolute Gasteiger partial charge is 0.472 e. The van der Waals surface area contributed by atoms with Crippen molar-refractivity contribution in [2.75, 3.05) is 33.0 Å². The molecule has 0 aromatic carbocycles. The summed E-state index contributed by atoms with van der Waals surface area (Å²) in [6.45, 7) is -5.54. The topological polar surface area (TPSA) is 269 Å². The third kappa shape index (κ3) is 7.79. The molecule has 304 valence electrons. The number of aliphatic hydroxyl groups excluding tert-OH is 1. The Bertz CT molecular complexity index is 2280. The number of nitrogens with two attached hydrogens (primary N) is 1. The summed E-state index contributed by atoms with van der Waals surface area (Å²) in [7, 11) is -5.10. The van der Waals surface area contributed by atoms with Crippen LogP contribution in [0.1, 0.15) is 43.0 Å². The van der Waals surface area contributed by atoms with Crippen LogP contribution in [0.5, 0.6) is 0 Å². The third-order valence-electron chi connectivity index (χ3n) is 10.1. The highest BCUT2D eigenvalue weighted by atomic mass is 32.5. The molecule has 10 atom stereocenters. The molecule has 56 heavy (non-hydrogen) atoms. The number of nitrogens with zero attached hydrogens (tertiary/aromatic N) is 7. The van der Waals surface area contributed by atoms with Crippen molar-refractivity contribution in [3.8, 4) is 0 Å². The molecule has 4 aromatic heterocycles. The lowest BCUT2D eigenvalue weighted by atomic mass is 10.1. The fourth-order valence-electron chi connectivity index (χ4n) is 7.33. The molecule has 2 bridgehead atoms. The van der Waals surface area contributed by atoms with Gasteiger partial charge >= 0.3 is 14.5 Å². The molecule has 0 spiro atoms. The Morgan fingerprint density at radius 3 is 2.59 bits per heavy atom. The third-order valence-corrected chi connectivity index (χ3v) is 12.6. The van der Waals surface area contributed by atoms with E-state index in [9.17, 15) is 29.0 Å². The first-order valence-electron chi connectivity index (χ1n) is 17.8. The smallest absolute Gasteiger partial charge is 0.387 e. The fourth-order valence-corrected chi connectivity index (χ4v) is 9.70. The van der Waals surface area contributed by atoms with Gasteiger partial charge in [-0.05, 0) is 43.1 Å². The summed E-state index contributed by atoms with van der Waals surface area (Å²) in [4.78, 5) is 64.1. The number of carbonyl (C=O) groups is 1. The van der Waals surface area contributed by atoms with E-state index >= 15 is 4.39 Å². The van der Waals surface area contributed by atoms with Crippen LogP contribution in [0.3, 0.4) is 0 Å². The van der Waals surface area contributed by atoms with Crippen LogP contribution in [-0.4, -0.2) is 124 Å². The minimum atomic E-state index is -5.10. The van der Waals surface area contributed by atoms with E-state index in [-0.39, 0.29) is 49.7 Å². The van der Waals surface area contributed by atoms with Gasteiger partial charge in [0, 0.05) is 18.0 Å². The van der Waals surface area contributed by atoms with Crippen LogP contribution in [0.4, 0.5) is 4.39 Å². The molecule has 4 aromatic rings. The van der Waals surface area contributed by atoms with E-state index < -0.39 is 82.5 Å². The number of hydrogen-bond acceptors (Lipinski definition) is 17. The number of phosphoric acid groups is 1. The Hall–Kier alpha value is -2.99. The van der Waals surface area contributed by atoms with Gasteiger partial charge in [-0.15, -0.1) is 0 Å². The number of aryl methyl sites for hydroxylation is 2. The van der Waals surface area contributed by atoms with Crippen molar-refractivity contribution in [3.05, 3.63) is 46.8 Å². The van der Waals surface area contributed by atoms with Gasteiger partial charge in [0.1, 0.15) is 54.6 Å². The summed E-state index contributed by atoms with van der Waals surface area (Å²) >= 11 is 5.32. The summed E-state index contributed by atoms with van der Waals surface area (Å²) in [5.41, 5.74) is 6.83. The van der Waals surface area contributed by atoms with Crippen molar-refractivity contribution in [1.29, 1.82) is 0 Å². The highest BCUT2D eigenvalue weighted by Crippen LogP contribution is 2.54. The molecular formula is C31H39FN8O13P2S. The average molecular weight is 845 g/mol. The number of ketones is 1. The number of imidazole rings is 1. The van der Waals surface area contributed by atoms with Crippen LogP contribution in [0.2, 0.25) is 0 Å². The Morgan fingerprint density at radius 1 is 0.982 bits per heavy atom. The molecule has 2 unspecified atom stereocenters. The maximum Gasteiger partial charge on any atom is 0.472 e. The van der Waals surface area contributed by atoms with E-state index in [1.165, 1.54) is 32.7 Å². The zero-order valence-electron chi connectivity index (χ0n) is 29.5. The molecule has 1 aliphatic carbocycles. The first-order valence-corrected chi connectivity index (χ1v) is 21.9. The molecule has 21 nitrogen and oxygen atoms in total. The Kier molecular flexibility index (Phi) is 11.4. The normalized spacial score (nSPS) is 33.8. The van der Waals surface area contributed by atoms with Gasteiger partial charge in [0.05, 0.1) is 51.5 Å². The summed E-state index contributed by atoms with van der Waals surface area (Å²) < 4.78 is 73.3. The maximum absolute atomic E-state index is 16.4. The summed E-state index contributed by atoms with van der Waals surface area (Å²) in [6.07, 6.45) is -3.64. The summed E-state index contributed by atoms with van der Waals surface area (Å²) in [6, 6.07) is 0. The van der Waals surface area contributed by atoms with Crippen molar-refractivity contribution >= 4 is 54.3 Å². The highest BCUT2D eigenvalue weighted by molar-refractivity contribution is 8.07. The molecule has 25 heteroatoms. The molecule has 4 aliphatic rings. The number of carbonyl (C=O) groups excluding carboxylic acids is 1. The number of alkyl halides is 1. The van der Waals surface area contributed by atoms with E-state index in [1.807, 2.05) is 0 Å². The molecule has 3 saturated heterocycles. The molecule has 7 heterocycles. The molecular weight excluding hydrogens is 805 g/mol. The van der Waals surface area contributed by atoms with Crippen LogP contribution in [0.15, 0.2) is 30.0 Å². The average Bonchev–Trinajstić information content (AvgIpc) is 3.88. The molecule has 3 aliphatic heterocycles. The van der Waals surface area contributed by atoms with E-state index in [0.717, 1.165) is 35.9 Å². The minimum Gasteiger partial charge on any atom is -0.387 e. The Balaban J connectivity index is 1.03. The SMILES string of the molecule is NCC(=O)CCOCCn1cnc2c(ncn2[C@@H]2O[C@@H]3COP(=O)(O)O[C@H]4[C@@H](F)[C@H](n5cc6c7c(ncnc75)CCCC6)O[C@@H]4COP(O)(=S)O[C@@H]2[C@@H]3O)c1=O. The lowest BCUT2D eigenvalue weighted by Gasteiger charge is -2.27. The number of halogens is 1. The monoisotopic (exact) mass is 844 g/mol. The van der Waals surface area contributed by atoms with E-state index in [4.69, 9.17) is 49.8 Å². The van der Waals surface area contributed by atoms with Crippen LogP contribution >= 0.6 is 14.5 Å². The number of ether oxygens (including phenoxy) is 3. The van der Waals surface area contributed by atoms with Gasteiger partial charge in [-0.3, -0.25) is 32.3 Å². The second kappa shape index (κ2) is 16.0. The van der Waals surface area contributed by atoms with E-state index in [0.29, 0.717) is 12.1 Å². The predicted octanol–water partition coefficient (Wildman–Crippen LogP) is 0.479. The highest BCUT2D eigenvalue weighted by Gasteiger charge is 2.54. The van der Waals surface area contributed by atoms with Crippen molar-refractivity contribution in [2.45, 2.75) is 87.8 Å². The first kappa shape index (κ1) is 39.8. The Morgan fingerprint density at radius 2 is 1.77 bits per heavy atom. The molecule has 5 N–H and O–H groups in total. The molecule has 0 amide bonds. The van der Waals surface area contributed by atoms with Crippen molar-refractivity contribution in [1.82, 2.24) is 33.6 Å². The van der Waals surface area contributed by atoms with Crippen LogP contribution in [-0.2, 0) is 72.9 Å². The quantitative estimate of drug-likeness (QED) is 0.132. The second-order valence-electron chi connectivity index (χ2n) is 13.7. The van der Waals surface area contributed by atoms with Crippen LogP contribution in [0, 0.1) is 0 Å². The van der Waals surface area contributed by atoms with E-state index in [1.54, 1.807) is 6.20 Å². The van der Waals surface area contributed by atoms with Gasteiger partial charge in [0.15, 0.2) is 29.8 Å². The zero-order valence-corrected chi connectivity index (χ0v) is 32.1. The number of rotatable bonds is 9. The minimum absolute atomic E-state index is 0.00354. The standard InChI is InChI=1S/C31H39FN8O13P2S/c32-22-25-20(51-30(22)39-10-16-3-1-2-4-18-21(16)27(39)35-13-34-18)12-49-55(46,56)53-26-24(42)19(11-48-54(44,45)52-25)50-31(26)40-15-36-23-28(40)37-14-38(29(23)43)6-8-47-7-5-17(41)9-33/h10,13-15,19-20,22,24-26,30-31,42H,1-9,11-12,33H2,(H,44,45)(H,46,56)/t19-,20-,22-,24-,25-,26-,30-,31-,55?/m1/s1. The van der Waals surface area contributed by atoms with Crippen molar-refractivity contribution in [2.24, 2.45) is 5.73 Å².